The lowest BCUT2D eigenvalue weighted by atomic mass is 9.81. The summed E-state index contributed by atoms with van der Waals surface area (Å²) >= 11 is 0. The molecule has 1 aromatic rings. The van der Waals surface area contributed by atoms with E-state index >= 15 is 0 Å². The van der Waals surface area contributed by atoms with Crippen LogP contribution in [0.3, 0.4) is 0 Å². The number of rotatable bonds is 4. The van der Waals surface area contributed by atoms with Crippen LogP contribution < -0.4 is 5.46 Å². The van der Waals surface area contributed by atoms with E-state index in [1.165, 1.54) is 12.4 Å². The van der Waals surface area contributed by atoms with Crippen LogP contribution in [0.4, 0.5) is 4.79 Å². The lowest BCUT2D eigenvalue weighted by Crippen LogP contribution is -2.41. The van der Waals surface area contributed by atoms with Crippen LogP contribution in [-0.4, -0.2) is 72.1 Å². The minimum absolute atomic E-state index is 0.123. The third-order valence-corrected chi connectivity index (χ3v) is 7.52. The number of nitrogens with zero attached hydrogens (tertiary/aromatic N) is 3. The van der Waals surface area contributed by atoms with Crippen LogP contribution in [0.1, 0.15) is 54.9 Å². The maximum atomic E-state index is 12.8. The van der Waals surface area contributed by atoms with Gasteiger partial charge in [0.1, 0.15) is 5.60 Å². The normalized spacial score (nSPS) is 23.3. The zero-order chi connectivity index (χ0) is 23.2. The smallest absolute Gasteiger partial charge is 0.444 e. The van der Waals surface area contributed by atoms with Crippen molar-refractivity contribution >= 4 is 28.5 Å². The molecule has 3 rings (SSSR count). The van der Waals surface area contributed by atoms with Crippen molar-refractivity contribution in [3.63, 3.8) is 0 Å². The molecule has 0 radical (unpaired) electrons. The Bertz CT molecular complexity index is 911. The molecule has 0 unspecified atom stereocenters. The Hall–Kier alpha value is -1.72. The number of amides is 1. The van der Waals surface area contributed by atoms with Crippen molar-refractivity contribution in [2.75, 3.05) is 18.8 Å². The van der Waals surface area contributed by atoms with Crippen molar-refractivity contribution < 1.29 is 27.3 Å². The van der Waals surface area contributed by atoms with Crippen molar-refractivity contribution in [3.8, 4) is 0 Å². The quantitative estimate of drug-likeness (QED) is 0.502. The SMILES string of the molecule is CC(C)(C)OC(=O)N1CC[C@H](CS(=O)(=O)c2ncc(B3OC(C)(C)C(C)(C)O3)cn2)C1. The molecule has 2 aliphatic rings. The third-order valence-electron chi connectivity index (χ3n) is 5.84. The molecular formula is C20H32BN3O6S. The first-order valence-corrected chi connectivity index (χ1v) is 12.1. The van der Waals surface area contributed by atoms with Crippen LogP contribution in [0.25, 0.3) is 0 Å². The molecule has 1 amide bonds. The van der Waals surface area contributed by atoms with Crippen LogP contribution in [0.5, 0.6) is 0 Å². The van der Waals surface area contributed by atoms with E-state index in [0.717, 1.165) is 0 Å². The van der Waals surface area contributed by atoms with Gasteiger partial charge in [-0.05, 0) is 60.8 Å². The molecule has 0 aliphatic carbocycles. The summed E-state index contributed by atoms with van der Waals surface area (Å²) in [5.41, 5.74) is -1.04. The molecule has 172 valence electrons. The number of carbonyl (C=O) groups is 1. The van der Waals surface area contributed by atoms with Gasteiger partial charge in [-0.3, -0.25) is 0 Å². The molecule has 2 aliphatic heterocycles. The van der Waals surface area contributed by atoms with Gasteiger partial charge in [-0.1, -0.05) is 0 Å². The summed E-state index contributed by atoms with van der Waals surface area (Å²) in [7, 11) is -4.35. The molecule has 3 heterocycles. The summed E-state index contributed by atoms with van der Waals surface area (Å²) in [5.74, 6) is -0.314. The topological polar surface area (TPSA) is 108 Å². The fourth-order valence-corrected chi connectivity index (χ4v) is 4.90. The second-order valence-corrected chi connectivity index (χ2v) is 12.2. The predicted octanol–water partition coefficient (Wildman–Crippen LogP) is 1.81. The van der Waals surface area contributed by atoms with Crippen LogP contribution in [0.15, 0.2) is 17.6 Å². The first-order chi connectivity index (χ1) is 14.1. The van der Waals surface area contributed by atoms with Gasteiger partial charge in [-0.2, -0.15) is 0 Å². The standard InChI is InChI=1S/C20H32BN3O6S/c1-18(2,3)28-17(25)24-9-8-14(12-24)13-31(26,27)16-22-10-15(11-23-16)21-29-19(4,5)20(6,7)30-21/h10-11,14H,8-9,12-13H2,1-7H3/t14-/m0/s1. The molecule has 0 saturated carbocycles. The second-order valence-electron chi connectivity index (χ2n) is 10.2. The van der Waals surface area contributed by atoms with E-state index in [4.69, 9.17) is 14.0 Å². The van der Waals surface area contributed by atoms with Crippen molar-refractivity contribution in [1.29, 1.82) is 0 Å². The fraction of sp³-hybridized carbons (Fsp3) is 0.750. The van der Waals surface area contributed by atoms with Gasteiger partial charge >= 0.3 is 13.2 Å². The highest BCUT2D eigenvalue weighted by Gasteiger charge is 2.52. The van der Waals surface area contributed by atoms with Gasteiger partial charge in [0.15, 0.2) is 0 Å². The Morgan fingerprint density at radius 2 is 1.74 bits per heavy atom. The number of aromatic nitrogens is 2. The Morgan fingerprint density at radius 1 is 1.19 bits per heavy atom. The lowest BCUT2D eigenvalue weighted by molar-refractivity contribution is 0.00578. The first-order valence-electron chi connectivity index (χ1n) is 10.5. The van der Waals surface area contributed by atoms with E-state index in [1.54, 1.807) is 25.7 Å². The Kier molecular flexibility index (Phi) is 6.18. The van der Waals surface area contributed by atoms with Crippen molar-refractivity contribution in [2.45, 2.75) is 76.8 Å². The largest absolute Gasteiger partial charge is 0.498 e. The maximum absolute atomic E-state index is 12.8. The molecule has 1 aromatic heterocycles. The highest BCUT2D eigenvalue weighted by molar-refractivity contribution is 7.91. The minimum atomic E-state index is -3.70. The molecule has 11 heteroatoms. The van der Waals surface area contributed by atoms with E-state index in [-0.39, 0.29) is 16.8 Å². The van der Waals surface area contributed by atoms with Crippen LogP contribution in [-0.2, 0) is 23.9 Å². The maximum Gasteiger partial charge on any atom is 0.498 e. The zero-order valence-electron chi connectivity index (χ0n) is 19.3. The van der Waals surface area contributed by atoms with E-state index < -0.39 is 39.9 Å². The van der Waals surface area contributed by atoms with Gasteiger partial charge in [-0.15, -0.1) is 0 Å². The summed E-state index contributed by atoms with van der Waals surface area (Å²) in [6.45, 7) is 14.0. The predicted molar refractivity (Wildman–Crippen MR) is 116 cm³/mol. The molecule has 0 N–H and O–H groups in total. The summed E-state index contributed by atoms with van der Waals surface area (Å²) in [6, 6.07) is 0. The summed E-state index contributed by atoms with van der Waals surface area (Å²) in [6.07, 6.45) is 3.04. The number of likely N-dealkylation sites (tertiary alicyclic amines) is 1. The Morgan fingerprint density at radius 3 is 2.26 bits per heavy atom. The molecule has 31 heavy (non-hydrogen) atoms. The van der Waals surface area contributed by atoms with Gasteiger partial charge in [0.05, 0.1) is 17.0 Å². The first kappa shape index (κ1) is 23.9. The van der Waals surface area contributed by atoms with E-state index in [2.05, 4.69) is 9.97 Å². The van der Waals surface area contributed by atoms with Gasteiger partial charge in [0.25, 0.3) is 0 Å². The molecule has 0 bridgehead atoms. The average Bonchev–Trinajstić information content (AvgIpc) is 3.15. The molecule has 2 fully saturated rings. The second kappa shape index (κ2) is 8.01. The van der Waals surface area contributed by atoms with Crippen molar-refractivity contribution in [1.82, 2.24) is 14.9 Å². The zero-order valence-corrected chi connectivity index (χ0v) is 20.2. The van der Waals surface area contributed by atoms with Crippen molar-refractivity contribution in [2.24, 2.45) is 5.92 Å². The van der Waals surface area contributed by atoms with Gasteiger partial charge in [0.2, 0.25) is 15.0 Å². The Labute approximate surface area is 184 Å². The van der Waals surface area contributed by atoms with Gasteiger partial charge in [-0.25, -0.2) is 23.2 Å². The third kappa shape index (κ3) is 5.38. The Balaban J connectivity index is 1.62. The van der Waals surface area contributed by atoms with E-state index in [9.17, 15) is 13.2 Å². The summed E-state index contributed by atoms with van der Waals surface area (Å²) in [4.78, 5) is 21.9. The van der Waals surface area contributed by atoms with Gasteiger partial charge in [0, 0.05) is 30.9 Å². The molecule has 0 spiro atoms. The number of hydrogen-bond donors (Lipinski definition) is 0. The minimum Gasteiger partial charge on any atom is -0.444 e. The van der Waals surface area contributed by atoms with Crippen LogP contribution >= 0.6 is 0 Å². The van der Waals surface area contributed by atoms with Crippen molar-refractivity contribution in [3.05, 3.63) is 12.4 Å². The monoisotopic (exact) mass is 453 g/mol. The summed E-state index contributed by atoms with van der Waals surface area (Å²) < 4.78 is 42.9. The number of carbonyl (C=O) groups excluding carboxylic acids is 1. The lowest BCUT2D eigenvalue weighted by Gasteiger charge is -2.32. The summed E-state index contributed by atoms with van der Waals surface area (Å²) in [5, 5.41) is -0.233. The van der Waals surface area contributed by atoms with E-state index in [1.807, 2.05) is 27.7 Å². The molecule has 0 aromatic carbocycles. The fourth-order valence-electron chi connectivity index (χ4n) is 3.43. The number of hydrogen-bond acceptors (Lipinski definition) is 8. The molecule has 2 saturated heterocycles. The highest BCUT2D eigenvalue weighted by Crippen LogP contribution is 2.36. The van der Waals surface area contributed by atoms with Gasteiger partial charge < -0.3 is 18.9 Å². The van der Waals surface area contributed by atoms with Crippen LogP contribution in [0, 0.1) is 5.92 Å². The molecule has 1 atom stereocenters. The average molecular weight is 453 g/mol. The number of ether oxygens (including phenoxy) is 1. The molecule has 9 nitrogen and oxygen atoms in total. The van der Waals surface area contributed by atoms with E-state index in [0.29, 0.717) is 25.0 Å². The number of sulfone groups is 1. The molecular weight excluding hydrogens is 421 g/mol. The van der Waals surface area contributed by atoms with Crippen LogP contribution in [0.2, 0.25) is 0 Å². The highest BCUT2D eigenvalue weighted by atomic mass is 32.2.